The molecule has 4 heteroatoms. The minimum Gasteiger partial charge on any atom is -0.388 e. The smallest absolute Gasteiger partial charge is 0.263 e. The number of benzene rings is 4. The fraction of sp³-hybridized carbons (Fsp3) is 0.314. The Morgan fingerprint density at radius 2 is 1.08 bits per heavy atom. The van der Waals surface area contributed by atoms with E-state index in [9.17, 15) is 0 Å². The van der Waals surface area contributed by atoms with Crippen molar-refractivity contribution in [1.29, 1.82) is 0 Å². The van der Waals surface area contributed by atoms with Crippen molar-refractivity contribution in [3.05, 3.63) is 132 Å². The van der Waals surface area contributed by atoms with E-state index in [2.05, 4.69) is 159 Å². The third kappa shape index (κ3) is 5.95. The van der Waals surface area contributed by atoms with E-state index in [1.54, 1.807) is 0 Å². The van der Waals surface area contributed by atoms with Crippen LogP contribution in [0.3, 0.4) is 0 Å². The number of nitrogens with zero attached hydrogens (tertiary/aromatic N) is 2. The fourth-order valence-electron chi connectivity index (χ4n) is 6.20. The summed E-state index contributed by atoms with van der Waals surface area (Å²) in [5.74, 6) is 0. The third-order valence-electron chi connectivity index (χ3n) is 8.13. The number of piperazine rings is 1. The maximum Gasteiger partial charge on any atom is 0.263 e. The first-order valence-corrected chi connectivity index (χ1v) is 16.1. The Balaban J connectivity index is 1.60. The summed E-state index contributed by atoms with van der Waals surface area (Å²) in [6.45, 7) is 14.1. The molecule has 1 atom stereocenters. The molecule has 0 radical (unpaired) electrons. The van der Waals surface area contributed by atoms with Crippen molar-refractivity contribution in [1.82, 2.24) is 9.80 Å². The van der Waals surface area contributed by atoms with Crippen LogP contribution < -0.4 is 10.4 Å². The van der Waals surface area contributed by atoms with Gasteiger partial charge in [-0.3, -0.25) is 9.80 Å². The summed E-state index contributed by atoms with van der Waals surface area (Å²) in [5.41, 5.74) is 2.20. The normalized spacial score (nSPS) is 19.2. The standard InChI is InChI=1S/C35H42N2OSi/c1-34(2,3)39(32-21-13-7-14-22-32,33-23-15-8-16-24-33)38-35(4)29-36(27-30-17-9-5-10-18-30)25-26-37(35)28-31-19-11-6-12-20-31/h5-24H,25-29H2,1-4H3. The van der Waals surface area contributed by atoms with Crippen molar-refractivity contribution in [3.8, 4) is 0 Å². The Morgan fingerprint density at radius 3 is 1.54 bits per heavy atom. The van der Waals surface area contributed by atoms with Crippen LogP contribution in [0.15, 0.2) is 121 Å². The Bertz CT molecular complexity index is 1270. The van der Waals surface area contributed by atoms with Crippen molar-refractivity contribution in [3.63, 3.8) is 0 Å². The Kier molecular flexibility index (Phi) is 8.20. The van der Waals surface area contributed by atoms with Gasteiger partial charge in [0.15, 0.2) is 0 Å². The molecule has 1 unspecified atom stereocenters. The highest BCUT2D eigenvalue weighted by atomic mass is 28.4. The second-order valence-corrected chi connectivity index (χ2v) is 16.3. The zero-order valence-electron chi connectivity index (χ0n) is 23.9. The lowest BCUT2D eigenvalue weighted by molar-refractivity contribution is -0.132. The maximum absolute atomic E-state index is 7.88. The molecule has 4 aromatic rings. The molecule has 1 aliphatic rings. The molecule has 1 saturated heterocycles. The van der Waals surface area contributed by atoms with Crippen molar-refractivity contribution < 1.29 is 4.43 Å². The van der Waals surface area contributed by atoms with Crippen molar-refractivity contribution in [2.75, 3.05) is 19.6 Å². The van der Waals surface area contributed by atoms with E-state index in [4.69, 9.17) is 4.43 Å². The molecule has 5 rings (SSSR count). The van der Waals surface area contributed by atoms with Crippen molar-refractivity contribution >= 4 is 18.7 Å². The Labute approximate surface area is 236 Å². The van der Waals surface area contributed by atoms with E-state index in [-0.39, 0.29) is 5.04 Å². The summed E-state index contributed by atoms with van der Waals surface area (Å²) in [7, 11) is -2.76. The first kappa shape index (κ1) is 27.5. The lowest BCUT2D eigenvalue weighted by Crippen LogP contribution is -2.74. The molecule has 0 spiro atoms. The second-order valence-electron chi connectivity index (χ2n) is 12.0. The number of hydrogen-bond acceptors (Lipinski definition) is 3. The first-order valence-electron chi connectivity index (χ1n) is 14.2. The van der Waals surface area contributed by atoms with Gasteiger partial charge in [0, 0.05) is 32.7 Å². The largest absolute Gasteiger partial charge is 0.388 e. The van der Waals surface area contributed by atoms with Crippen LogP contribution in [-0.2, 0) is 17.5 Å². The molecule has 0 bridgehead atoms. The molecule has 1 aliphatic heterocycles. The van der Waals surface area contributed by atoms with E-state index < -0.39 is 14.0 Å². The van der Waals surface area contributed by atoms with Crippen LogP contribution in [0.25, 0.3) is 0 Å². The molecule has 202 valence electrons. The Hall–Kier alpha value is -3.02. The van der Waals surface area contributed by atoms with Gasteiger partial charge in [0.2, 0.25) is 0 Å². The van der Waals surface area contributed by atoms with Crippen molar-refractivity contribution in [2.45, 2.75) is 51.5 Å². The van der Waals surface area contributed by atoms with E-state index in [1.807, 2.05) is 0 Å². The molecule has 0 amide bonds. The molecule has 0 aromatic heterocycles. The summed E-state index contributed by atoms with van der Waals surface area (Å²) in [5, 5.41) is 2.56. The average Bonchev–Trinajstić information content (AvgIpc) is 2.95. The quantitative estimate of drug-likeness (QED) is 0.247. The summed E-state index contributed by atoms with van der Waals surface area (Å²) in [6, 6.07) is 43.8. The average molecular weight is 535 g/mol. The summed E-state index contributed by atoms with van der Waals surface area (Å²) >= 11 is 0. The summed E-state index contributed by atoms with van der Waals surface area (Å²) in [4.78, 5) is 5.16. The zero-order valence-corrected chi connectivity index (χ0v) is 24.9. The van der Waals surface area contributed by atoms with Crippen LogP contribution in [0, 0.1) is 0 Å². The van der Waals surface area contributed by atoms with Crippen molar-refractivity contribution in [2.24, 2.45) is 0 Å². The van der Waals surface area contributed by atoms with Gasteiger partial charge in [0.1, 0.15) is 5.72 Å². The predicted molar refractivity (Wildman–Crippen MR) is 166 cm³/mol. The first-order chi connectivity index (χ1) is 18.8. The molecule has 0 aliphatic carbocycles. The molecule has 0 N–H and O–H groups in total. The monoisotopic (exact) mass is 534 g/mol. The van der Waals surface area contributed by atoms with Gasteiger partial charge in [-0.25, -0.2) is 0 Å². The summed E-state index contributed by atoms with van der Waals surface area (Å²) in [6.07, 6.45) is 0. The third-order valence-corrected chi connectivity index (χ3v) is 13.3. The second kappa shape index (κ2) is 11.6. The van der Waals surface area contributed by atoms with Crippen LogP contribution >= 0.6 is 0 Å². The minimum atomic E-state index is -2.76. The van der Waals surface area contributed by atoms with Gasteiger partial charge in [-0.05, 0) is 33.5 Å². The molecular formula is C35H42N2OSi. The van der Waals surface area contributed by atoms with Gasteiger partial charge in [0.05, 0.1) is 0 Å². The fourth-order valence-corrected chi connectivity index (χ4v) is 11.0. The zero-order chi connectivity index (χ0) is 27.3. The van der Waals surface area contributed by atoms with Gasteiger partial charge in [0.25, 0.3) is 8.32 Å². The SMILES string of the molecule is CC1(O[Si](c2ccccc2)(c2ccccc2)C(C)(C)C)CN(Cc2ccccc2)CCN1Cc1ccccc1. The maximum atomic E-state index is 7.88. The highest BCUT2D eigenvalue weighted by molar-refractivity contribution is 6.99. The van der Waals surface area contributed by atoms with Gasteiger partial charge in [-0.15, -0.1) is 0 Å². The van der Waals surface area contributed by atoms with E-state index >= 15 is 0 Å². The molecule has 0 saturated carbocycles. The van der Waals surface area contributed by atoms with Crippen LogP contribution in [0.2, 0.25) is 5.04 Å². The molecule has 1 heterocycles. The molecule has 39 heavy (non-hydrogen) atoms. The lowest BCUT2D eigenvalue weighted by atomic mass is 10.1. The highest BCUT2D eigenvalue weighted by Crippen LogP contribution is 2.41. The summed E-state index contributed by atoms with van der Waals surface area (Å²) < 4.78 is 7.88. The molecular weight excluding hydrogens is 492 g/mol. The van der Waals surface area contributed by atoms with Gasteiger partial charge < -0.3 is 4.43 Å². The van der Waals surface area contributed by atoms with Crippen LogP contribution in [-0.4, -0.2) is 43.5 Å². The topological polar surface area (TPSA) is 15.7 Å². The van der Waals surface area contributed by atoms with Gasteiger partial charge in [-0.2, -0.15) is 0 Å². The number of rotatable bonds is 8. The van der Waals surface area contributed by atoms with E-state index in [1.165, 1.54) is 21.5 Å². The van der Waals surface area contributed by atoms with Gasteiger partial charge in [-0.1, -0.05) is 142 Å². The van der Waals surface area contributed by atoms with Crippen LogP contribution in [0.1, 0.15) is 38.8 Å². The molecule has 1 fully saturated rings. The van der Waals surface area contributed by atoms with E-state index in [0.717, 1.165) is 32.7 Å². The molecule has 4 aromatic carbocycles. The predicted octanol–water partition coefficient (Wildman–Crippen LogP) is 6.30. The minimum absolute atomic E-state index is 0.0845. The van der Waals surface area contributed by atoms with Crippen LogP contribution in [0.5, 0.6) is 0 Å². The lowest BCUT2D eigenvalue weighted by Gasteiger charge is -2.55. The van der Waals surface area contributed by atoms with Gasteiger partial charge >= 0.3 is 0 Å². The Morgan fingerprint density at radius 1 is 0.641 bits per heavy atom. The molecule has 3 nitrogen and oxygen atoms in total. The highest BCUT2D eigenvalue weighted by Gasteiger charge is 2.55. The number of hydrogen-bond donors (Lipinski definition) is 0. The van der Waals surface area contributed by atoms with E-state index in [0.29, 0.717) is 0 Å². The van der Waals surface area contributed by atoms with Crippen LogP contribution in [0.4, 0.5) is 0 Å².